The van der Waals surface area contributed by atoms with Gasteiger partial charge >= 0.3 is 5.97 Å². The number of hydrogen-bond donors (Lipinski definition) is 1. The maximum Gasteiger partial charge on any atom is 0.339 e. The molecule has 174 valence electrons. The van der Waals surface area contributed by atoms with Gasteiger partial charge in [0, 0.05) is 70.7 Å². The zero-order valence-electron chi connectivity index (χ0n) is 18.7. The van der Waals surface area contributed by atoms with E-state index in [0.29, 0.717) is 60.8 Å². The number of fused-ring (bicyclic) bond motifs is 1. The van der Waals surface area contributed by atoms with Gasteiger partial charge in [0.15, 0.2) is 0 Å². The molecular formula is C21H31N7O3S. The Kier molecular flexibility index (Phi) is 7.07. The van der Waals surface area contributed by atoms with Gasteiger partial charge in [-0.05, 0) is 14.0 Å². The molecule has 2 N–H and O–H groups in total. The summed E-state index contributed by atoms with van der Waals surface area (Å²) < 4.78 is 5.20. The molecule has 4 rings (SSSR count). The monoisotopic (exact) mass is 461 g/mol. The molecule has 10 nitrogen and oxygen atoms in total. The van der Waals surface area contributed by atoms with Crippen molar-refractivity contribution in [3.63, 3.8) is 0 Å². The van der Waals surface area contributed by atoms with Gasteiger partial charge in [0.2, 0.25) is 11.9 Å². The number of anilines is 2. The van der Waals surface area contributed by atoms with Crippen molar-refractivity contribution in [2.75, 3.05) is 83.2 Å². The van der Waals surface area contributed by atoms with Crippen LogP contribution >= 0.6 is 11.3 Å². The Morgan fingerprint density at radius 3 is 2.50 bits per heavy atom. The van der Waals surface area contributed by atoms with E-state index in [1.165, 1.54) is 11.3 Å². The quantitative estimate of drug-likeness (QED) is 0.623. The van der Waals surface area contributed by atoms with Gasteiger partial charge in [0.25, 0.3) is 0 Å². The molecule has 2 fully saturated rings. The molecular weight excluding hydrogens is 430 g/mol. The Morgan fingerprint density at radius 1 is 1.09 bits per heavy atom. The van der Waals surface area contributed by atoms with Crippen molar-refractivity contribution in [3.05, 3.63) is 10.9 Å². The van der Waals surface area contributed by atoms with Crippen molar-refractivity contribution in [2.24, 2.45) is 0 Å². The zero-order valence-corrected chi connectivity index (χ0v) is 19.6. The molecule has 2 aliphatic rings. The molecule has 0 aromatic carbocycles. The maximum absolute atomic E-state index is 12.8. The van der Waals surface area contributed by atoms with Crippen molar-refractivity contribution < 1.29 is 14.3 Å². The standard InChI is InChI=1S/C21H31N7O3S/c1-3-31-20(30)15-14-32-19-17(15)18(23-21(22)24-19)28-12-10-27(11-13-28)16(29)4-5-26-8-6-25(2)7-9-26/h14H,3-13H2,1-2H3,(H2,22,23,24). The van der Waals surface area contributed by atoms with E-state index >= 15 is 0 Å². The van der Waals surface area contributed by atoms with E-state index in [1.807, 2.05) is 4.90 Å². The summed E-state index contributed by atoms with van der Waals surface area (Å²) >= 11 is 1.36. The van der Waals surface area contributed by atoms with Crippen LogP contribution in [0.3, 0.4) is 0 Å². The number of piperazine rings is 2. The second-order valence-corrected chi connectivity index (χ2v) is 9.08. The molecule has 32 heavy (non-hydrogen) atoms. The van der Waals surface area contributed by atoms with Crippen molar-refractivity contribution in [1.82, 2.24) is 24.7 Å². The van der Waals surface area contributed by atoms with Crippen molar-refractivity contribution in [1.29, 1.82) is 0 Å². The third kappa shape index (κ3) is 4.94. The van der Waals surface area contributed by atoms with E-state index in [4.69, 9.17) is 10.5 Å². The summed E-state index contributed by atoms with van der Waals surface area (Å²) in [5, 5.41) is 2.43. The molecule has 0 spiro atoms. The summed E-state index contributed by atoms with van der Waals surface area (Å²) in [7, 11) is 2.13. The van der Waals surface area contributed by atoms with E-state index in [2.05, 4.69) is 31.7 Å². The Balaban J connectivity index is 1.40. The third-order valence-corrected chi connectivity index (χ3v) is 6.97. The van der Waals surface area contributed by atoms with Crippen LogP contribution in [0.1, 0.15) is 23.7 Å². The minimum absolute atomic E-state index is 0.176. The zero-order chi connectivity index (χ0) is 22.7. The Labute approximate surface area is 191 Å². The number of aromatic nitrogens is 2. The second kappa shape index (κ2) is 9.97. The number of rotatable bonds is 6. The number of carbonyl (C=O) groups excluding carboxylic acids is 2. The smallest absolute Gasteiger partial charge is 0.339 e. The normalized spacial score (nSPS) is 18.3. The number of nitrogens with zero attached hydrogens (tertiary/aromatic N) is 6. The summed E-state index contributed by atoms with van der Waals surface area (Å²) in [4.78, 5) is 43.3. The maximum atomic E-state index is 12.8. The minimum atomic E-state index is -0.383. The fraction of sp³-hybridized carbons (Fsp3) is 0.619. The van der Waals surface area contributed by atoms with Crippen LogP contribution in [0.4, 0.5) is 11.8 Å². The number of esters is 1. The fourth-order valence-corrected chi connectivity index (χ4v) is 5.09. The predicted molar refractivity (Wildman–Crippen MR) is 125 cm³/mol. The van der Waals surface area contributed by atoms with Gasteiger partial charge < -0.3 is 30.1 Å². The van der Waals surface area contributed by atoms with Gasteiger partial charge in [-0.2, -0.15) is 4.98 Å². The van der Waals surface area contributed by atoms with Crippen LogP contribution in [0.5, 0.6) is 0 Å². The highest BCUT2D eigenvalue weighted by Gasteiger charge is 2.27. The van der Waals surface area contributed by atoms with Crippen molar-refractivity contribution in [3.8, 4) is 0 Å². The lowest BCUT2D eigenvalue weighted by atomic mass is 10.2. The fourth-order valence-electron chi connectivity index (χ4n) is 4.18. The second-order valence-electron chi connectivity index (χ2n) is 8.22. The molecule has 0 bridgehead atoms. The first-order valence-corrected chi connectivity index (χ1v) is 12.0. The first kappa shape index (κ1) is 22.7. The van der Waals surface area contributed by atoms with Crippen LogP contribution in [-0.2, 0) is 9.53 Å². The molecule has 11 heteroatoms. The minimum Gasteiger partial charge on any atom is -0.462 e. The summed E-state index contributed by atoms with van der Waals surface area (Å²) in [6.45, 7) is 9.54. The van der Waals surface area contributed by atoms with Crippen LogP contribution in [0.25, 0.3) is 10.2 Å². The number of thiophene rings is 1. The third-order valence-electron chi connectivity index (χ3n) is 6.10. The van der Waals surface area contributed by atoms with Gasteiger partial charge in [-0.3, -0.25) is 4.79 Å². The average molecular weight is 462 g/mol. The lowest BCUT2D eigenvalue weighted by Gasteiger charge is -2.36. The van der Waals surface area contributed by atoms with Crippen LogP contribution in [0.2, 0.25) is 0 Å². The molecule has 0 saturated carbocycles. The summed E-state index contributed by atoms with van der Waals surface area (Å²) in [5.74, 6) is 0.626. The van der Waals surface area contributed by atoms with Crippen LogP contribution < -0.4 is 10.6 Å². The molecule has 2 saturated heterocycles. The van der Waals surface area contributed by atoms with Crippen molar-refractivity contribution in [2.45, 2.75) is 13.3 Å². The molecule has 0 atom stereocenters. The molecule has 1 amide bonds. The van der Waals surface area contributed by atoms with Crippen LogP contribution in [-0.4, -0.2) is 109 Å². The Hall–Kier alpha value is -2.50. The lowest BCUT2D eigenvalue weighted by molar-refractivity contribution is -0.131. The topological polar surface area (TPSA) is 108 Å². The SMILES string of the molecule is CCOC(=O)c1csc2nc(N)nc(N3CCN(C(=O)CCN4CCN(C)CC4)CC3)c12. The Morgan fingerprint density at radius 2 is 1.81 bits per heavy atom. The first-order chi connectivity index (χ1) is 15.5. The van der Waals surface area contributed by atoms with Gasteiger partial charge in [-0.25, -0.2) is 9.78 Å². The summed E-state index contributed by atoms with van der Waals surface area (Å²) in [6.07, 6.45) is 0.548. The highest BCUT2D eigenvalue weighted by Crippen LogP contribution is 2.33. The highest BCUT2D eigenvalue weighted by molar-refractivity contribution is 7.17. The summed E-state index contributed by atoms with van der Waals surface area (Å²) in [6, 6.07) is 0. The van der Waals surface area contributed by atoms with Crippen molar-refractivity contribution >= 4 is 45.2 Å². The largest absolute Gasteiger partial charge is 0.462 e. The first-order valence-electron chi connectivity index (χ1n) is 11.1. The van der Waals surface area contributed by atoms with Gasteiger partial charge in [-0.1, -0.05) is 0 Å². The highest BCUT2D eigenvalue weighted by atomic mass is 32.1. The number of likely N-dealkylation sites (N-methyl/N-ethyl adjacent to an activating group) is 1. The van der Waals surface area contributed by atoms with Crippen LogP contribution in [0.15, 0.2) is 5.38 Å². The molecule has 2 aromatic rings. The van der Waals surface area contributed by atoms with E-state index in [-0.39, 0.29) is 17.8 Å². The number of amides is 1. The molecule has 4 heterocycles. The van der Waals surface area contributed by atoms with E-state index in [1.54, 1.807) is 12.3 Å². The number of carbonyl (C=O) groups is 2. The van der Waals surface area contributed by atoms with E-state index in [9.17, 15) is 9.59 Å². The van der Waals surface area contributed by atoms with Gasteiger partial charge in [-0.15, -0.1) is 11.3 Å². The Bertz CT molecular complexity index is 966. The number of ether oxygens (including phenoxy) is 1. The number of nitrogens with two attached hydrogens (primary N) is 1. The van der Waals surface area contributed by atoms with Gasteiger partial charge in [0.1, 0.15) is 10.6 Å². The van der Waals surface area contributed by atoms with Gasteiger partial charge in [0.05, 0.1) is 17.6 Å². The summed E-state index contributed by atoms with van der Waals surface area (Å²) in [5.41, 5.74) is 6.40. The lowest BCUT2D eigenvalue weighted by Crippen LogP contribution is -2.50. The number of hydrogen-bond acceptors (Lipinski definition) is 10. The molecule has 0 aliphatic carbocycles. The average Bonchev–Trinajstić information content (AvgIpc) is 3.22. The number of nitrogen functional groups attached to an aromatic ring is 1. The van der Waals surface area contributed by atoms with E-state index in [0.717, 1.165) is 32.7 Å². The predicted octanol–water partition coefficient (Wildman–Crippen LogP) is 0.736. The molecule has 2 aromatic heterocycles. The molecule has 2 aliphatic heterocycles. The van der Waals surface area contributed by atoms with Crippen LogP contribution in [0, 0.1) is 0 Å². The molecule has 0 radical (unpaired) electrons. The molecule has 0 unspecified atom stereocenters. The van der Waals surface area contributed by atoms with E-state index < -0.39 is 0 Å².